The molecule has 2 fully saturated rings. The van der Waals surface area contributed by atoms with Crippen molar-refractivity contribution < 1.29 is 83.3 Å². The van der Waals surface area contributed by atoms with Crippen LogP contribution in [0.4, 0.5) is 0 Å². The van der Waals surface area contributed by atoms with Gasteiger partial charge in [0.05, 0.1) is 17.2 Å². The van der Waals surface area contributed by atoms with Gasteiger partial charge in [-0.1, -0.05) is 75.7 Å². The highest BCUT2D eigenvalue weighted by molar-refractivity contribution is 9.10. The van der Waals surface area contributed by atoms with Gasteiger partial charge in [0.15, 0.2) is 6.10 Å². The molecule has 0 aliphatic carbocycles. The average molecular weight is 1280 g/mol. The fourth-order valence-electron chi connectivity index (χ4n) is 9.99. The van der Waals surface area contributed by atoms with Gasteiger partial charge in [-0.15, -0.1) is 0 Å². The zero-order valence-corrected chi connectivity index (χ0v) is 51.7. The number of halogens is 1. The van der Waals surface area contributed by atoms with Crippen LogP contribution in [0.2, 0.25) is 0 Å². The molecule has 5 rings (SSSR count). The number of aromatic hydroxyl groups is 2. The molecule has 3 aromatic rings. The highest BCUT2D eigenvalue weighted by Gasteiger charge is 2.47. The van der Waals surface area contributed by atoms with E-state index in [0.29, 0.717) is 24.0 Å². The summed E-state index contributed by atoms with van der Waals surface area (Å²) < 4.78 is 6.18. The van der Waals surface area contributed by atoms with E-state index in [1.165, 1.54) is 58.2 Å². The molecule has 87 heavy (non-hydrogen) atoms. The summed E-state index contributed by atoms with van der Waals surface area (Å²) in [6.45, 7) is 10.9. The van der Waals surface area contributed by atoms with Crippen LogP contribution < -0.4 is 37.2 Å². The van der Waals surface area contributed by atoms with Gasteiger partial charge in [-0.2, -0.15) is 0 Å². The minimum Gasteiger partial charge on any atom is -0.508 e. The lowest BCUT2D eigenvalue weighted by Gasteiger charge is -2.43. The number of nitrogens with zero attached hydrogens (tertiary/aromatic N) is 2. The number of aliphatic hydroxyl groups excluding tert-OH is 4. The minimum atomic E-state index is -1.89. The summed E-state index contributed by atoms with van der Waals surface area (Å²) in [6, 6.07) is 3.44. The van der Waals surface area contributed by atoms with Gasteiger partial charge >= 0.3 is 5.97 Å². The van der Waals surface area contributed by atoms with Crippen molar-refractivity contribution in [3.8, 4) is 11.5 Å². The molecule has 3 aromatic carbocycles. The van der Waals surface area contributed by atoms with Crippen molar-refractivity contribution in [3.05, 3.63) is 93.5 Å². The van der Waals surface area contributed by atoms with E-state index in [1.807, 2.05) is 6.92 Å². The number of cyclic esters (lactones) is 1. The number of piperidine rings is 1. The topological polar surface area (TPSA) is 392 Å². The molecule has 9 amide bonds. The number of hydrogen-bond donors (Lipinski definition) is 13. The molecule has 2 aliphatic rings. The Bertz CT molecular complexity index is 2950. The Kier molecular flexibility index (Phi) is 25.6. The third-order valence-corrected chi connectivity index (χ3v) is 15.9. The number of nitrogens with one attached hydrogen (secondary N) is 7. The van der Waals surface area contributed by atoms with E-state index in [0.717, 1.165) is 20.9 Å². The van der Waals surface area contributed by atoms with E-state index in [1.54, 1.807) is 64.1 Å². The second-order valence-electron chi connectivity index (χ2n) is 22.9. The van der Waals surface area contributed by atoms with Crippen LogP contribution in [-0.4, -0.2) is 192 Å². The van der Waals surface area contributed by atoms with Crippen LogP contribution in [0.3, 0.4) is 0 Å². The maximum Gasteiger partial charge on any atom is 0.329 e. The molecule has 13 N–H and O–H groups in total. The number of esters is 1. The van der Waals surface area contributed by atoms with E-state index >= 15 is 0 Å². The number of phenolic OH excluding ortho intramolecular Hbond substituents is 2. The first-order valence-corrected chi connectivity index (χ1v) is 29.6. The van der Waals surface area contributed by atoms with E-state index in [9.17, 15) is 78.6 Å². The zero-order chi connectivity index (χ0) is 64.7. The average Bonchev–Trinajstić information content (AvgIpc) is 2.29. The number of rotatable bonds is 20. The summed E-state index contributed by atoms with van der Waals surface area (Å²) in [5, 5.41) is 80.1. The number of likely N-dealkylation sites (N-methyl/N-ethyl adjacent to an activating group) is 1. The molecule has 2 heterocycles. The molecule has 13 unspecified atom stereocenters. The Morgan fingerprint density at radius 2 is 1.37 bits per heavy atom. The zero-order valence-electron chi connectivity index (χ0n) is 50.1. The standard InChI is InChI=1S/C60H82BrN9O17/c1-29(2)47(66-51(77)32(6)62-52(78)40(63-55(81)45(75)28-71)12-10-11-35-17-20-38(73)21-18-35)56(82)68-49-34(8)87-60(86)48(30(3)4)67-54(80)43(27-37-19-23-44(74)39(61)25-37)69(9)59(85)50(33(7)72)70-46(76)24-22-41(58(70)84)64-53(79)42(65-57(49)83)26-36-15-13-31(5)14-16-36/h13-21,23,25,29-30,32-34,40-43,45-50,71-76H,10-12,22,24,26-28H2,1-9H3,(H,62,78)(H,63,81)(H,64,79)(H,65,83)(H,66,77)(H,67,80)(H,68,82). The first-order valence-electron chi connectivity index (χ1n) is 28.8. The smallest absolute Gasteiger partial charge is 0.329 e. The van der Waals surface area contributed by atoms with E-state index < -0.39 is 156 Å². The largest absolute Gasteiger partial charge is 0.508 e. The molecule has 476 valence electrons. The molecule has 0 radical (unpaired) electrons. The van der Waals surface area contributed by atoms with Gasteiger partial charge in [0.25, 0.3) is 5.91 Å². The monoisotopic (exact) mass is 1280 g/mol. The first-order chi connectivity index (χ1) is 40.9. The molecular formula is C60H82BrN9O17. The summed E-state index contributed by atoms with van der Waals surface area (Å²) in [5.41, 5.74) is 2.57. The Hall–Kier alpha value is -7.72. The normalized spacial score (nSPS) is 23.5. The first kappa shape index (κ1) is 70.0. The minimum absolute atomic E-state index is 0.00394. The third-order valence-electron chi connectivity index (χ3n) is 15.2. The Morgan fingerprint density at radius 1 is 0.736 bits per heavy atom. The molecule has 13 atom stereocenters. The van der Waals surface area contributed by atoms with Crippen LogP contribution in [0.15, 0.2) is 71.2 Å². The predicted octanol–water partition coefficient (Wildman–Crippen LogP) is -0.482. The van der Waals surface area contributed by atoms with Crippen molar-refractivity contribution in [1.82, 2.24) is 47.0 Å². The van der Waals surface area contributed by atoms with Crippen LogP contribution in [0.25, 0.3) is 0 Å². The van der Waals surface area contributed by atoms with Gasteiger partial charge in [0, 0.05) is 19.9 Å². The van der Waals surface area contributed by atoms with Crippen LogP contribution in [0.5, 0.6) is 11.5 Å². The van der Waals surface area contributed by atoms with Crippen molar-refractivity contribution in [3.63, 3.8) is 0 Å². The summed E-state index contributed by atoms with van der Waals surface area (Å²) in [6.07, 6.45) is -7.06. The van der Waals surface area contributed by atoms with Gasteiger partial charge in [-0.25, -0.2) is 4.79 Å². The van der Waals surface area contributed by atoms with Crippen LogP contribution >= 0.6 is 15.9 Å². The number of aliphatic hydroxyl groups is 4. The maximum atomic E-state index is 15.0. The SMILES string of the molecule is Cc1ccc(CC2NC(=O)C(NC(=O)C(NC(=O)C(C)NC(=O)C(CCCc3ccc(O)cc3)NC(=O)C(O)CO)C(C)C)C(C)OC(=O)C(C(C)C)NC(=O)C(Cc3ccc(O)c(Br)c3)N(C)C(=O)C(C(C)O)N3C(=O)C(CCC3O)NC2=O)cc1. The van der Waals surface area contributed by atoms with Gasteiger partial charge in [0.1, 0.15) is 78.2 Å². The van der Waals surface area contributed by atoms with Crippen molar-refractivity contribution in [2.75, 3.05) is 13.7 Å². The lowest BCUT2D eigenvalue weighted by atomic mass is 9.96. The number of carbonyl (C=O) groups is 10. The van der Waals surface area contributed by atoms with Crippen molar-refractivity contribution in [1.29, 1.82) is 0 Å². The van der Waals surface area contributed by atoms with Crippen molar-refractivity contribution in [2.45, 2.75) is 179 Å². The highest BCUT2D eigenvalue weighted by atomic mass is 79.9. The molecule has 27 heteroatoms. The number of benzene rings is 3. The quantitative estimate of drug-likeness (QED) is 0.0635. The summed E-state index contributed by atoms with van der Waals surface area (Å²) >= 11 is 3.26. The van der Waals surface area contributed by atoms with Crippen LogP contribution in [0, 0.1) is 18.8 Å². The van der Waals surface area contributed by atoms with Crippen molar-refractivity contribution >= 4 is 75.1 Å². The number of hydrogen-bond acceptors (Lipinski definition) is 17. The number of carbonyl (C=O) groups excluding carboxylic acids is 10. The lowest BCUT2D eigenvalue weighted by molar-refractivity contribution is -0.170. The van der Waals surface area contributed by atoms with Crippen molar-refractivity contribution in [2.24, 2.45) is 11.8 Å². The molecule has 26 nitrogen and oxygen atoms in total. The third kappa shape index (κ3) is 19.1. The van der Waals surface area contributed by atoms with E-state index in [4.69, 9.17) is 4.74 Å². The second-order valence-corrected chi connectivity index (χ2v) is 23.7. The summed E-state index contributed by atoms with van der Waals surface area (Å²) in [7, 11) is 1.23. The molecule has 0 saturated carbocycles. The number of phenols is 2. The van der Waals surface area contributed by atoms with Gasteiger partial charge in [0.2, 0.25) is 47.3 Å². The molecule has 0 spiro atoms. The molecular weight excluding hydrogens is 1200 g/mol. The van der Waals surface area contributed by atoms with Gasteiger partial charge in [-0.05, 0) is 129 Å². The number of ether oxygens (including phenoxy) is 1. The maximum absolute atomic E-state index is 15.0. The Morgan fingerprint density at radius 3 is 1.97 bits per heavy atom. The summed E-state index contributed by atoms with van der Waals surface area (Å²) in [4.78, 5) is 145. The Balaban J connectivity index is 1.52. The molecule has 2 saturated heterocycles. The molecule has 2 bridgehead atoms. The predicted molar refractivity (Wildman–Crippen MR) is 317 cm³/mol. The van der Waals surface area contributed by atoms with E-state index in [2.05, 4.69) is 53.1 Å². The lowest BCUT2D eigenvalue weighted by Crippen LogP contribution is -2.67. The number of amides is 9. The summed E-state index contributed by atoms with van der Waals surface area (Å²) in [5.74, 6) is -11.6. The Labute approximate surface area is 513 Å². The van der Waals surface area contributed by atoms with E-state index in [-0.39, 0.29) is 48.1 Å². The molecule has 2 aliphatic heterocycles. The van der Waals surface area contributed by atoms with Crippen LogP contribution in [0.1, 0.15) is 96.4 Å². The van der Waals surface area contributed by atoms with Gasteiger partial charge in [-0.3, -0.25) is 43.2 Å². The second kappa shape index (κ2) is 31.8. The number of aryl methyl sites for hydroxylation is 2. The fourth-order valence-corrected chi connectivity index (χ4v) is 10.4. The van der Waals surface area contributed by atoms with Gasteiger partial charge < -0.3 is 82.4 Å². The van der Waals surface area contributed by atoms with Crippen LogP contribution in [-0.2, 0) is 71.9 Å². The number of fused-ring (bicyclic) bond motifs is 2. The highest BCUT2D eigenvalue weighted by Crippen LogP contribution is 2.28. The molecule has 0 aromatic heterocycles. The fraction of sp³-hybridized carbons (Fsp3) is 0.533.